The molecule has 2 amide bonds. The summed E-state index contributed by atoms with van der Waals surface area (Å²) in [4.78, 5) is 25.5. The number of carbonyl (C=O) groups is 2. The number of hydrogen-bond donors (Lipinski definition) is 2. The highest BCUT2D eigenvalue weighted by Gasteiger charge is 2.42. The first-order chi connectivity index (χ1) is 14.7. The summed E-state index contributed by atoms with van der Waals surface area (Å²) in [5, 5.41) is 5.38. The third-order valence-corrected chi connectivity index (χ3v) is 7.24. The molecule has 1 heterocycles. The van der Waals surface area contributed by atoms with Crippen LogP contribution < -0.4 is 14.9 Å². The molecular weight excluding hydrogens is 418 g/mol. The maximum Gasteiger partial charge on any atom is 0.265 e. The van der Waals surface area contributed by atoms with Crippen molar-refractivity contribution in [2.45, 2.75) is 38.1 Å². The first kappa shape index (κ1) is 22.8. The van der Waals surface area contributed by atoms with E-state index in [4.69, 9.17) is 4.74 Å². The Kier molecular flexibility index (Phi) is 6.66. The number of para-hydroxylation sites is 2. The molecule has 166 valence electrons. The normalized spacial score (nSPS) is 15.9. The quantitative estimate of drug-likeness (QED) is 0.636. The van der Waals surface area contributed by atoms with Gasteiger partial charge in [0, 0.05) is 13.7 Å². The molecule has 31 heavy (non-hydrogen) atoms. The second-order valence-corrected chi connectivity index (χ2v) is 9.35. The fourth-order valence-corrected chi connectivity index (χ4v) is 6.00. The molecule has 0 radical (unpaired) electrons. The predicted octanol–water partition coefficient (Wildman–Crippen LogP) is 2.28. The second-order valence-electron chi connectivity index (χ2n) is 7.60. The first-order valence-electron chi connectivity index (χ1n) is 9.94. The Morgan fingerprint density at radius 2 is 1.81 bits per heavy atom. The summed E-state index contributed by atoms with van der Waals surface area (Å²) in [6.07, 6.45) is -0.312. The molecule has 0 fully saturated rings. The number of fused-ring (bicyclic) bond motifs is 1. The van der Waals surface area contributed by atoms with Crippen molar-refractivity contribution in [1.82, 2.24) is 5.32 Å². The molecule has 1 atom stereocenters. The number of aryl methyl sites for hydroxylation is 3. The van der Waals surface area contributed by atoms with E-state index >= 15 is 0 Å². The van der Waals surface area contributed by atoms with Gasteiger partial charge in [-0.15, -0.1) is 0 Å². The van der Waals surface area contributed by atoms with Crippen molar-refractivity contribution in [2.75, 3.05) is 29.9 Å². The van der Waals surface area contributed by atoms with E-state index in [1.807, 2.05) is 6.92 Å². The van der Waals surface area contributed by atoms with Gasteiger partial charge in [0.2, 0.25) is 11.8 Å². The summed E-state index contributed by atoms with van der Waals surface area (Å²) < 4.78 is 33.8. The number of carbonyl (C=O) groups excluding carboxylic acids is 2. The number of nitrogens with one attached hydrogen (secondary N) is 2. The van der Waals surface area contributed by atoms with Crippen LogP contribution in [0.2, 0.25) is 0 Å². The highest BCUT2D eigenvalue weighted by molar-refractivity contribution is 7.93. The van der Waals surface area contributed by atoms with Crippen LogP contribution in [0.4, 0.5) is 11.4 Å². The molecule has 0 aromatic heterocycles. The molecule has 0 saturated carbocycles. The number of methoxy groups -OCH3 is 1. The number of nitrogens with zero attached hydrogens (tertiary/aromatic N) is 1. The number of amides is 2. The van der Waals surface area contributed by atoms with E-state index in [1.165, 1.54) is 7.11 Å². The molecule has 1 aliphatic heterocycles. The molecule has 3 rings (SSSR count). The van der Waals surface area contributed by atoms with Crippen molar-refractivity contribution >= 4 is 33.2 Å². The summed E-state index contributed by atoms with van der Waals surface area (Å²) in [6.45, 7) is 5.94. The van der Waals surface area contributed by atoms with Crippen LogP contribution in [0.25, 0.3) is 0 Å². The number of benzene rings is 2. The minimum absolute atomic E-state index is 0.146. The molecule has 0 bridgehead atoms. The van der Waals surface area contributed by atoms with Gasteiger partial charge in [-0.2, -0.15) is 0 Å². The van der Waals surface area contributed by atoms with E-state index in [1.54, 1.807) is 50.2 Å². The zero-order valence-electron chi connectivity index (χ0n) is 18.1. The highest BCUT2D eigenvalue weighted by Crippen LogP contribution is 2.38. The third kappa shape index (κ3) is 4.57. The lowest BCUT2D eigenvalue weighted by Gasteiger charge is -2.37. The molecule has 9 heteroatoms. The summed E-state index contributed by atoms with van der Waals surface area (Å²) >= 11 is 0. The number of rotatable bonds is 7. The smallest absolute Gasteiger partial charge is 0.265 e. The molecule has 1 unspecified atom stereocenters. The van der Waals surface area contributed by atoms with Crippen LogP contribution in [0, 0.1) is 20.8 Å². The Bertz CT molecular complexity index is 1090. The van der Waals surface area contributed by atoms with Gasteiger partial charge in [0.05, 0.1) is 29.3 Å². The van der Waals surface area contributed by atoms with Crippen molar-refractivity contribution in [3.05, 3.63) is 53.1 Å². The lowest BCUT2D eigenvalue weighted by molar-refractivity contribution is -0.125. The largest absolute Gasteiger partial charge is 0.383 e. The summed E-state index contributed by atoms with van der Waals surface area (Å²) in [5.74, 6) is -0.985. The van der Waals surface area contributed by atoms with E-state index in [-0.39, 0.29) is 17.9 Å². The van der Waals surface area contributed by atoms with Crippen LogP contribution in [-0.2, 0) is 24.3 Å². The van der Waals surface area contributed by atoms with Crippen molar-refractivity contribution < 1.29 is 22.7 Å². The van der Waals surface area contributed by atoms with E-state index in [0.717, 1.165) is 9.87 Å². The van der Waals surface area contributed by atoms with Crippen LogP contribution in [0.5, 0.6) is 0 Å². The molecule has 2 aromatic rings. The summed E-state index contributed by atoms with van der Waals surface area (Å²) in [6, 6.07) is 9.04. The van der Waals surface area contributed by atoms with Crippen LogP contribution in [0.15, 0.2) is 41.3 Å². The molecule has 8 nitrogen and oxygen atoms in total. The van der Waals surface area contributed by atoms with Crippen LogP contribution in [0.1, 0.15) is 23.1 Å². The number of anilines is 2. The third-order valence-electron chi connectivity index (χ3n) is 5.11. The monoisotopic (exact) mass is 445 g/mol. The van der Waals surface area contributed by atoms with Gasteiger partial charge in [-0.25, -0.2) is 8.42 Å². The van der Waals surface area contributed by atoms with Gasteiger partial charge in [0.1, 0.15) is 6.04 Å². The average Bonchev–Trinajstić information content (AvgIpc) is 2.67. The SMILES string of the molecule is COCCNC(=O)CC1C(=O)Nc2ccccc2N1S(=O)(=O)c1c(C)cc(C)cc1C. The molecular formula is C22H27N3O5S. The summed E-state index contributed by atoms with van der Waals surface area (Å²) in [5.41, 5.74) is 2.83. The van der Waals surface area contributed by atoms with E-state index in [9.17, 15) is 18.0 Å². The average molecular weight is 446 g/mol. The fraction of sp³-hybridized carbons (Fsp3) is 0.364. The number of hydrogen-bond acceptors (Lipinski definition) is 5. The molecule has 1 aliphatic rings. The Morgan fingerprint density at radius 3 is 2.45 bits per heavy atom. The second kappa shape index (κ2) is 9.07. The van der Waals surface area contributed by atoms with Gasteiger partial charge in [0.25, 0.3) is 10.0 Å². The Hall–Kier alpha value is -2.91. The molecule has 0 saturated heterocycles. The lowest BCUT2D eigenvalue weighted by atomic mass is 10.1. The van der Waals surface area contributed by atoms with Gasteiger partial charge >= 0.3 is 0 Å². The van der Waals surface area contributed by atoms with Gasteiger partial charge in [-0.1, -0.05) is 29.8 Å². The maximum atomic E-state index is 13.9. The molecule has 0 spiro atoms. The maximum absolute atomic E-state index is 13.9. The van der Waals surface area contributed by atoms with Crippen LogP contribution in [-0.4, -0.2) is 46.5 Å². The van der Waals surface area contributed by atoms with Crippen molar-refractivity contribution in [2.24, 2.45) is 0 Å². The minimum Gasteiger partial charge on any atom is -0.383 e. The van der Waals surface area contributed by atoms with E-state index in [2.05, 4.69) is 10.6 Å². The zero-order valence-corrected chi connectivity index (χ0v) is 18.9. The van der Waals surface area contributed by atoms with E-state index < -0.39 is 27.9 Å². The van der Waals surface area contributed by atoms with Gasteiger partial charge in [-0.3, -0.25) is 13.9 Å². The first-order valence-corrected chi connectivity index (χ1v) is 11.4. The molecule has 2 aromatic carbocycles. The number of sulfonamides is 1. The zero-order chi connectivity index (χ0) is 22.8. The fourth-order valence-electron chi connectivity index (χ4n) is 3.95. The van der Waals surface area contributed by atoms with Crippen LogP contribution in [0.3, 0.4) is 0 Å². The van der Waals surface area contributed by atoms with Crippen molar-refractivity contribution in [3.63, 3.8) is 0 Å². The number of ether oxygens (including phenoxy) is 1. The van der Waals surface area contributed by atoms with Crippen LogP contribution >= 0.6 is 0 Å². The molecule has 2 N–H and O–H groups in total. The van der Waals surface area contributed by atoms with Crippen molar-refractivity contribution in [3.8, 4) is 0 Å². The lowest BCUT2D eigenvalue weighted by Crippen LogP contribution is -2.53. The van der Waals surface area contributed by atoms with Gasteiger partial charge in [0.15, 0.2) is 0 Å². The Balaban J connectivity index is 2.10. The topological polar surface area (TPSA) is 105 Å². The van der Waals surface area contributed by atoms with Gasteiger partial charge < -0.3 is 15.4 Å². The van der Waals surface area contributed by atoms with Gasteiger partial charge in [-0.05, 0) is 44.0 Å². The van der Waals surface area contributed by atoms with Crippen molar-refractivity contribution in [1.29, 1.82) is 0 Å². The summed E-state index contributed by atoms with van der Waals surface area (Å²) in [7, 11) is -2.63. The van der Waals surface area contributed by atoms with E-state index in [0.29, 0.717) is 29.1 Å². The Morgan fingerprint density at radius 1 is 1.16 bits per heavy atom. The standard InChI is InChI=1S/C22H27N3O5S/c1-14-11-15(2)21(16(3)12-14)31(28,29)25-18-8-6-5-7-17(18)24-22(27)19(25)13-20(26)23-9-10-30-4/h5-8,11-12,19H,9-10,13H2,1-4H3,(H,23,26)(H,24,27). The molecule has 0 aliphatic carbocycles. The minimum atomic E-state index is -4.14. The Labute approximate surface area is 182 Å². The highest BCUT2D eigenvalue weighted by atomic mass is 32.2. The predicted molar refractivity (Wildman–Crippen MR) is 119 cm³/mol.